The highest BCUT2D eigenvalue weighted by atomic mass is 32.2. The van der Waals surface area contributed by atoms with E-state index in [1.165, 1.54) is 42.1 Å². The first kappa shape index (κ1) is 26.7. The third-order valence-corrected chi connectivity index (χ3v) is 6.78. The molecule has 0 radical (unpaired) electrons. The summed E-state index contributed by atoms with van der Waals surface area (Å²) in [7, 11) is 0. The van der Waals surface area contributed by atoms with E-state index in [2.05, 4.69) is 0 Å². The van der Waals surface area contributed by atoms with Crippen LogP contribution < -0.4 is 0 Å². The third kappa shape index (κ3) is 7.53. The first-order chi connectivity index (χ1) is 16.8. The van der Waals surface area contributed by atoms with Crippen molar-refractivity contribution in [2.45, 2.75) is 37.5 Å². The van der Waals surface area contributed by atoms with Gasteiger partial charge in [-0.25, -0.2) is 4.79 Å². The maximum atomic E-state index is 14.7. The van der Waals surface area contributed by atoms with Crippen molar-refractivity contribution in [2.24, 2.45) is 0 Å². The summed E-state index contributed by atoms with van der Waals surface area (Å²) in [6, 6.07) is 16.0. The number of hydrogen-bond donors (Lipinski definition) is 2. The van der Waals surface area contributed by atoms with Gasteiger partial charge >= 0.3 is 17.9 Å². The second-order valence-electron chi connectivity index (χ2n) is 8.38. The number of aliphatic carboxylic acids is 1. The molecule has 2 aromatic carbocycles. The smallest absolute Gasteiger partial charge is 0.320 e. The Bertz CT molecular complexity index is 991. The monoisotopic (exact) mass is 504 g/mol. The van der Waals surface area contributed by atoms with Crippen LogP contribution >= 0.6 is 11.8 Å². The summed E-state index contributed by atoms with van der Waals surface area (Å²) < 4.78 is 29.4. The summed E-state index contributed by atoms with van der Waals surface area (Å²) >= 11 is 1.32. The minimum Gasteiger partial charge on any atom is -0.481 e. The number of aliphatic hydroxyl groups is 1. The van der Waals surface area contributed by atoms with E-state index >= 15 is 0 Å². The molecule has 2 atom stereocenters. The molecule has 1 saturated heterocycles. The molecule has 35 heavy (non-hydrogen) atoms. The Balaban J connectivity index is 1.67. The number of amides is 2. The predicted molar refractivity (Wildman–Crippen MR) is 132 cm³/mol. The van der Waals surface area contributed by atoms with Gasteiger partial charge < -0.3 is 20.0 Å². The molecule has 1 fully saturated rings. The van der Waals surface area contributed by atoms with Gasteiger partial charge in [-0.15, -0.1) is 0 Å². The largest absolute Gasteiger partial charge is 0.481 e. The molecule has 0 aliphatic carbocycles. The first-order valence-corrected chi connectivity index (χ1v) is 12.6. The van der Waals surface area contributed by atoms with Gasteiger partial charge in [0.25, 0.3) is 0 Å². The minimum absolute atomic E-state index is 0.0341. The van der Waals surface area contributed by atoms with Gasteiger partial charge in [0, 0.05) is 25.2 Å². The molecule has 1 heterocycles. The number of carboxylic acids is 1. The standard InChI is InChI=1S/C26H30F2N2O4S/c27-26(28,21-11-5-2-6-12-21)23(31)14-13-22-18-29(17-20-9-3-1-4-10-20)25(34)30(22)15-7-8-16-35-19-24(32)33/h1-6,9-14,22-23,31H,7-8,15-19H2,(H,32,33). The Hall–Kier alpha value is -2.91. The van der Waals surface area contributed by atoms with Gasteiger partial charge in [-0.1, -0.05) is 72.8 Å². The van der Waals surface area contributed by atoms with Crippen molar-refractivity contribution in [1.29, 1.82) is 0 Å². The number of benzene rings is 2. The average Bonchev–Trinajstić information content (AvgIpc) is 3.14. The number of urea groups is 1. The van der Waals surface area contributed by atoms with E-state index in [1.807, 2.05) is 30.3 Å². The fraction of sp³-hybridized carbons (Fsp3) is 0.385. The molecule has 9 heteroatoms. The molecule has 188 valence electrons. The normalized spacial score (nSPS) is 17.3. The Morgan fingerprint density at radius 1 is 1.11 bits per heavy atom. The lowest BCUT2D eigenvalue weighted by Gasteiger charge is -2.23. The lowest BCUT2D eigenvalue weighted by atomic mass is 10.0. The van der Waals surface area contributed by atoms with Gasteiger partial charge in [0.15, 0.2) is 0 Å². The van der Waals surface area contributed by atoms with Crippen molar-refractivity contribution in [3.05, 3.63) is 83.9 Å². The van der Waals surface area contributed by atoms with E-state index in [-0.39, 0.29) is 17.3 Å². The van der Waals surface area contributed by atoms with Crippen LogP contribution in [-0.4, -0.2) is 68.8 Å². The van der Waals surface area contributed by atoms with Gasteiger partial charge in [0.1, 0.15) is 6.10 Å². The Labute approximate surface area is 208 Å². The number of carbonyl (C=O) groups excluding carboxylic acids is 1. The fourth-order valence-electron chi connectivity index (χ4n) is 3.92. The molecule has 3 rings (SSSR count). The van der Waals surface area contributed by atoms with Crippen LogP contribution in [0.2, 0.25) is 0 Å². The summed E-state index contributed by atoms with van der Waals surface area (Å²) in [4.78, 5) is 27.1. The molecule has 2 N–H and O–H groups in total. The molecule has 1 aliphatic heterocycles. The van der Waals surface area contributed by atoms with Crippen molar-refractivity contribution >= 4 is 23.8 Å². The number of thioether (sulfide) groups is 1. The van der Waals surface area contributed by atoms with E-state index in [0.29, 0.717) is 31.8 Å². The van der Waals surface area contributed by atoms with E-state index in [9.17, 15) is 23.5 Å². The summed E-state index contributed by atoms with van der Waals surface area (Å²) in [6.07, 6.45) is 1.92. The van der Waals surface area contributed by atoms with Crippen LogP contribution in [0.25, 0.3) is 0 Å². The van der Waals surface area contributed by atoms with Crippen LogP contribution in [0.15, 0.2) is 72.8 Å². The molecular formula is C26H30F2N2O4S. The van der Waals surface area contributed by atoms with Crippen LogP contribution in [0.4, 0.5) is 13.6 Å². The highest BCUT2D eigenvalue weighted by Gasteiger charge is 2.40. The van der Waals surface area contributed by atoms with Crippen molar-refractivity contribution in [3.63, 3.8) is 0 Å². The number of unbranched alkanes of at least 4 members (excludes halogenated alkanes) is 1. The van der Waals surface area contributed by atoms with Crippen molar-refractivity contribution in [1.82, 2.24) is 9.80 Å². The van der Waals surface area contributed by atoms with Gasteiger partial charge in [-0.2, -0.15) is 20.5 Å². The number of nitrogens with zero attached hydrogens (tertiary/aromatic N) is 2. The minimum atomic E-state index is -3.46. The summed E-state index contributed by atoms with van der Waals surface area (Å²) in [5, 5.41) is 19.0. The number of carbonyl (C=O) groups is 2. The maximum Gasteiger partial charge on any atom is 0.320 e. The topological polar surface area (TPSA) is 81.1 Å². The van der Waals surface area contributed by atoms with Crippen molar-refractivity contribution in [3.8, 4) is 0 Å². The zero-order chi connectivity index (χ0) is 25.3. The fourth-order valence-corrected chi connectivity index (χ4v) is 4.65. The molecule has 0 aromatic heterocycles. The number of rotatable bonds is 13. The molecule has 2 unspecified atom stereocenters. The zero-order valence-corrected chi connectivity index (χ0v) is 20.1. The molecule has 2 aromatic rings. The second-order valence-corrected chi connectivity index (χ2v) is 9.49. The zero-order valence-electron chi connectivity index (χ0n) is 19.3. The summed E-state index contributed by atoms with van der Waals surface area (Å²) in [6.45, 7) is 1.14. The third-order valence-electron chi connectivity index (χ3n) is 5.75. The second kappa shape index (κ2) is 12.7. The number of hydrogen-bond acceptors (Lipinski definition) is 4. The number of halogens is 2. The molecule has 0 bridgehead atoms. The highest BCUT2D eigenvalue weighted by molar-refractivity contribution is 7.99. The maximum absolute atomic E-state index is 14.7. The van der Waals surface area contributed by atoms with E-state index in [0.717, 1.165) is 18.1 Å². The summed E-state index contributed by atoms with van der Waals surface area (Å²) in [5.74, 6) is -3.63. The van der Waals surface area contributed by atoms with E-state index in [1.54, 1.807) is 15.9 Å². The molecule has 6 nitrogen and oxygen atoms in total. The first-order valence-electron chi connectivity index (χ1n) is 11.5. The SMILES string of the molecule is O=C(O)CSCCCCN1C(=O)N(Cc2ccccc2)CC1C=CC(O)C(F)(F)c1ccccc1. The Kier molecular flexibility index (Phi) is 9.68. The number of alkyl halides is 2. The van der Waals surface area contributed by atoms with Crippen LogP contribution in [-0.2, 0) is 17.3 Å². The van der Waals surface area contributed by atoms with Gasteiger partial charge in [0.2, 0.25) is 0 Å². The lowest BCUT2D eigenvalue weighted by Crippen LogP contribution is -2.35. The molecule has 0 saturated carbocycles. The molecule has 0 spiro atoms. The van der Waals surface area contributed by atoms with Crippen molar-refractivity contribution in [2.75, 3.05) is 24.6 Å². The van der Waals surface area contributed by atoms with Gasteiger partial charge in [-0.05, 0) is 24.2 Å². The Morgan fingerprint density at radius 3 is 2.43 bits per heavy atom. The number of carboxylic acid groups (broad SMARTS) is 1. The van der Waals surface area contributed by atoms with Crippen LogP contribution in [0.1, 0.15) is 24.0 Å². The Morgan fingerprint density at radius 2 is 1.77 bits per heavy atom. The van der Waals surface area contributed by atoms with Crippen LogP contribution in [0.3, 0.4) is 0 Å². The van der Waals surface area contributed by atoms with E-state index in [4.69, 9.17) is 5.11 Å². The highest BCUT2D eigenvalue weighted by Crippen LogP contribution is 2.32. The van der Waals surface area contributed by atoms with E-state index < -0.39 is 24.0 Å². The predicted octanol–water partition coefficient (Wildman–Crippen LogP) is 4.60. The van der Waals surface area contributed by atoms with Gasteiger partial charge in [0.05, 0.1) is 11.8 Å². The van der Waals surface area contributed by atoms with Crippen LogP contribution in [0, 0.1) is 0 Å². The number of aliphatic hydroxyl groups excluding tert-OH is 1. The lowest BCUT2D eigenvalue weighted by molar-refractivity contribution is -0.133. The summed E-state index contributed by atoms with van der Waals surface area (Å²) in [5.41, 5.74) is 0.687. The molecule has 1 aliphatic rings. The average molecular weight is 505 g/mol. The van der Waals surface area contributed by atoms with Crippen molar-refractivity contribution < 1.29 is 28.6 Å². The molecule has 2 amide bonds. The molecular weight excluding hydrogens is 474 g/mol. The quantitative estimate of drug-likeness (QED) is 0.308. The van der Waals surface area contributed by atoms with Gasteiger partial charge in [-0.3, -0.25) is 4.79 Å². The van der Waals surface area contributed by atoms with Crippen LogP contribution in [0.5, 0.6) is 0 Å².